The molecule has 3 aromatic carbocycles. The maximum Gasteiger partial charge on any atom is 0.294 e. The highest BCUT2D eigenvalue weighted by atomic mass is 35.5. The predicted octanol–water partition coefficient (Wildman–Crippen LogP) is 4.62. The lowest BCUT2D eigenvalue weighted by Gasteiger charge is -2.36. The van der Waals surface area contributed by atoms with Gasteiger partial charge in [-0.3, -0.25) is 24.6 Å². The topological polar surface area (TPSA) is 87.0 Å². The first-order chi connectivity index (χ1) is 17.4. The predicted molar refractivity (Wildman–Crippen MR) is 138 cm³/mol. The van der Waals surface area contributed by atoms with Crippen molar-refractivity contribution in [1.82, 2.24) is 4.90 Å². The molecule has 1 unspecified atom stereocenters. The molecule has 184 valence electrons. The van der Waals surface area contributed by atoms with Crippen molar-refractivity contribution in [3.63, 3.8) is 0 Å². The second-order valence-electron chi connectivity index (χ2n) is 9.05. The second kappa shape index (κ2) is 10.1. The molecule has 8 nitrogen and oxygen atoms in total. The molecule has 36 heavy (non-hydrogen) atoms. The van der Waals surface area contributed by atoms with E-state index in [0.717, 1.165) is 35.7 Å². The van der Waals surface area contributed by atoms with Gasteiger partial charge in [0.2, 0.25) is 11.8 Å². The Morgan fingerprint density at radius 2 is 1.61 bits per heavy atom. The molecule has 0 bridgehead atoms. The molecule has 2 heterocycles. The minimum atomic E-state index is -0.578. The zero-order chi connectivity index (χ0) is 25.2. The summed E-state index contributed by atoms with van der Waals surface area (Å²) in [5, 5.41) is 12.7. The molecule has 1 atom stereocenters. The average Bonchev–Trinajstić information content (AvgIpc) is 3.19. The standard InChI is InChI=1S/C27H25ClN4O4/c28-21-8-6-19(7-9-21)18-29-12-14-30(15-13-29)24-11-10-22(16-25(24)32(35)36)31-26(33)17-23(27(31)34)20-4-2-1-3-5-20/h1-11,16,23H,12-15,17-18H2. The van der Waals surface area contributed by atoms with Gasteiger partial charge in [0.15, 0.2) is 0 Å². The van der Waals surface area contributed by atoms with Gasteiger partial charge < -0.3 is 4.90 Å². The fourth-order valence-corrected chi connectivity index (χ4v) is 5.03. The lowest BCUT2D eigenvalue weighted by molar-refractivity contribution is -0.384. The summed E-state index contributed by atoms with van der Waals surface area (Å²) in [7, 11) is 0. The lowest BCUT2D eigenvalue weighted by atomic mass is 9.98. The molecule has 0 saturated carbocycles. The fourth-order valence-electron chi connectivity index (χ4n) is 4.91. The average molecular weight is 505 g/mol. The second-order valence-corrected chi connectivity index (χ2v) is 9.49. The molecular weight excluding hydrogens is 480 g/mol. The molecule has 0 aromatic heterocycles. The van der Waals surface area contributed by atoms with Crippen molar-refractivity contribution in [2.75, 3.05) is 36.0 Å². The van der Waals surface area contributed by atoms with Gasteiger partial charge in [0, 0.05) is 50.2 Å². The molecule has 3 aromatic rings. The van der Waals surface area contributed by atoms with Crippen molar-refractivity contribution in [2.45, 2.75) is 18.9 Å². The van der Waals surface area contributed by atoms with Crippen LogP contribution in [-0.2, 0) is 16.1 Å². The largest absolute Gasteiger partial charge is 0.363 e. The first-order valence-electron chi connectivity index (χ1n) is 11.8. The summed E-state index contributed by atoms with van der Waals surface area (Å²) in [4.78, 5) is 42.8. The van der Waals surface area contributed by atoms with Crippen molar-refractivity contribution < 1.29 is 14.5 Å². The summed E-state index contributed by atoms with van der Waals surface area (Å²) >= 11 is 5.97. The van der Waals surface area contributed by atoms with Crippen molar-refractivity contribution >= 4 is 40.5 Å². The van der Waals surface area contributed by atoms with E-state index < -0.39 is 10.8 Å². The Balaban J connectivity index is 1.31. The van der Waals surface area contributed by atoms with Gasteiger partial charge in [-0.2, -0.15) is 0 Å². The van der Waals surface area contributed by atoms with Gasteiger partial charge in [0.05, 0.1) is 16.5 Å². The number of anilines is 2. The van der Waals surface area contributed by atoms with Crippen molar-refractivity contribution in [2.24, 2.45) is 0 Å². The summed E-state index contributed by atoms with van der Waals surface area (Å²) in [6.45, 7) is 3.55. The molecule has 0 radical (unpaired) electrons. The van der Waals surface area contributed by atoms with Gasteiger partial charge in [-0.25, -0.2) is 4.90 Å². The number of carbonyl (C=O) groups excluding carboxylic acids is 2. The van der Waals surface area contributed by atoms with Crippen LogP contribution >= 0.6 is 11.6 Å². The fraction of sp³-hybridized carbons (Fsp3) is 0.259. The summed E-state index contributed by atoms with van der Waals surface area (Å²) < 4.78 is 0. The Labute approximate surface area is 213 Å². The number of carbonyl (C=O) groups is 2. The van der Waals surface area contributed by atoms with Crippen LogP contribution in [0.4, 0.5) is 17.1 Å². The minimum absolute atomic E-state index is 0.0496. The summed E-state index contributed by atoms with van der Waals surface area (Å²) in [6, 6.07) is 21.5. The van der Waals surface area contributed by atoms with E-state index in [4.69, 9.17) is 11.6 Å². The minimum Gasteiger partial charge on any atom is -0.363 e. The Bertz CT molecular complexity index is 1290. The molecular formula is C27H25ClN4O4. The number of piperazine rings is 1. The third kappa shape index (κ3) is 4.82. The number of amides is 2. The van der Waals surface area contributed by atoms with Crippen LogP contribution in [-0.4, -0.2) is 47.8 Å². The SMILES string of the molecule is O=C1CC(c2ccccc2)C(=O)N1c1ccc(N2CCN(Cc3ccc(Cl)cc3)CC2)c([N+](=O)[O-])c1. The van der Waals surface area contributed by atoms with Gasteiger partial charge in [0.25, 0.3) is 5.69 Å². The Hall–Kier alpha value is -3.75. The normalized spacial score (nSPS) is 18.6. The van der Waals surface area contributed by atoms with E-state index in [0.29, 0.717) is 23.8 Å². The number of nitro benzene ring substituents is 1. The van der Waals surface area contributed by atoms with Crippen LogP contribution in [0.15, 0.2) is 72.8 Å². The van der Waals surface area contributed by atoms with Crippen LogP contribution in [0.3, 0.4) is 0 Å². The quantitative estimate of drug-likeness (QED) is 0.276. The smallest absolute Gasteiger partial charge is 0.294 e. The van der Waals surface area contributed by atoms with Crippen LogP contribution in [0.1, 0.15) is 23.5 Å². The first-order valence-corrected chi connectivity index (χ1v) is 12.2. The Kier molecular flexibility index (Phi) is 6.71. The molecule has 2 fully saturated rings. The van der Waals surface area contributed by atoms with E-state index >= 15 is 0 Å². The summed E-state index contributed by atoms with van der Waals surface area (Å²) in [5.74, 6) is -1.29. The van der Waals surface area contributed by atoms with E-state index in [1.54, 1.807) is 12.1 Å². The van der Waals surface area contributed by atoms with Crippen LogP contribution < -0.4 is 9.80 Å². The van der Waals surface area contributed by atoms with Crippen molar-refractivity contribution in [3.8, 4) is 0 Å². The molecule has 5 rings (SSSR count). The van der Waals surface area contributed by atoms with Gasteiger partial charge in [-0.15, -0.1) is 0 Å². The highest BCUT2D eigenvalue weighted by Gasteiger charge is 2.41. The van der Waals surface area contributed by atoms with Gasteiger partial charge in [-0.1, -0.05) is 54.1 Å². The van der Waals surface area contributed by atoms with Crippen LogP contribution in [0.5, 0.6) is 0 Å². The maximum atomic E-state index is 13.1. The number of nitrogens with zero attached hydrogens (tertiary/aromatic N) is 4. The van der Waals surface area contributed by atoms with Crippen molar-refractivity contribution in [1.29, 1.82) is 0 Å². The van der Waals surface area contributed by atoms with E-state index in [1.807, 2.05) is 59.5 Å². The van der Waals surface area contributed by atoms with E-state index in [-0.39, 0.29) is 29.6 Å². The first kappa shape index (κ1) is 24.0. The Morgan fingerprint density at radius 1 is 0.917 bits per heavy atom. The third-order valence-corrected chi connectivity index (χ3v) is 7.05. The molecule has 9 heteroatoms. The molecule has 0 aliphatic carbocycles. The van der Waals surface area contributed by atoms with Crippen molar-refractivity contribution in [3.05, 3.63) is 99.1 Å². The summed E-state index contributed by atoms with van der Waals surface area (Å²) in [6.07, 6.45) is 0.0496. The number of rotatable bonds is 6. The number of hydrogen-bond donors (Lipinski definition) is 0. The van der Waals surface area contributed by atoms with E-state index in [1.165, 1.54) is 6.07 Å². The lowest BCUT2D eigenvalue weighted by Crippen LogP contribution is -2.46. The van der Waals surface area contributed by atoms with Gasteiger partial charge in [0.1, 0.15) is 5.69 Å². The van der Waals surface area contributed by atoms with Crippen LogP contribution in [0.25, 0.3) is 0 Å². The zero-order valence-electron chi connectivity index (χ0n) is 19.5. The van der Waals surface area contributed by atoms with E-state index in [2.05, 4.69) is 4.90 Å². The number of imide groups is 1. The molecule has 2 aliphatic rings. The number of nitro groups is 1. The molecule has 2 amide bonds. The molecule has 0 N–H and O–H groups in total. The zero-order valence-corrected chi connectivity index (χ0v) is 20.3. The third-order valence-electron chi connectivity index (χ3n) is 6.79. The number of hydrogen-bond acceptors (Lipinski definition) is 6. The molecule has 2 saturated heterocycles. The van der Waals surface area contributed by atoms with Crippen LogP contribution in [0.2, 0.25) is 5.02 Å². The number of halogens is 1. The molecule has 0 spiro atoms. The maximum absolute atomic E-state index is 13.1. The van der Waals surface area contributed by atoms with E-state index in [9.17, 15) is 19.7 Å². The highest BCUT2D eigenvalue weighted by molar-refractivity contribution is 6.30. The molecule has 2 aliphatic heterocycles. The highest BCUT2D eigenvalue weighted by Crippen LogP contribution is 2.38. The monoisotopic (exact) mass is 504 g/mol. The Morgan fingerprint density at radius 3 is 2.28 bits per heavy atom. The van der Waals surface area contributed by atoms with Crippen LogP contribution in [0, 0.1) is 10.1 Å². The van der Waals surface area contributed by atoms with Gasteiger partial charge in [-0.05, 0) is 35.4 Å². The van der Waals surface area contributed by atoms with Gasteiger partial charge >= 0.3 is 0 Å². The number of benzene rings is 3. The summed E-state index contributed by atoms with van der Waals surface area (Å²) in [5.41, 5.74) is 2.55.